The summed E-state index contributed by atoms with van der Waals surface area (Å²) in [7, 11) is 0. The van der Waals surface area contributed by atoms with E-state index in [0.717, 1.165) is 11.4 Å². The molecule has 0 fully saturated rings. The molecule has 0 aliphatic carbocycles. The zero-order chi connectivity index (χ0) is 10.8. The summed E-state index contributed by atoms with van der Waals surface area (Å²) in [6, 6.07) is 3.45. The van der Waals surface area contributed by atoms with Gasteiger partial charge in [-0.25, -0.2) is 4.79 Å². The molecule has 0 unspecified atom stereocenters. The normalized spacial score (nSPS) is 10.5. The highest BCUT2D eigenvalue weighted by molar-refractivity contribution is 5.89. The van der Waals surface area contributed by atoms with Crippen molar-refractivity contribution in [3.05, 3.63) is 41.0 Å². The minimum absolute atomic E-state index is 0.302. The Balaban J connectivity index is 2.24. The van der Waals surface area contributed by atoms with Crippen molar-refractivity contribution in [1.29, 1.82) is 0 Å². The number of aromatic carboxylic acids is 1. The van der Waals surface area contributed by atoms with Crippen molar-refractivity contribution in [2.45, 2.75) is 13.3 Å². The molecule has 0 amide bonds. The highest BCUT2D eigenvalue weighted by atomic mass is 16.4. The van der Waals surface area contributed by atoms with E-state index in [1.54, 1.807) is 12.3 Å². The van der Waals surface area contributed by atoms with Crippen molar-refractivity contribution in [2.75, 3.05) is 0 Å². The van der Waals surface area contributed by atoms with E-state index in [-0.39, 0.29) is 0 Å². The van der Waals surface area contributed by atoms with E-state index in [1.165, 1.54) is 0 Å². The molecule has 3 N–H and O–H groups in total. The summed E-state index contributed by atoms with van der Waals surface area (Å²) in [6.45, 7) is 1.91. The monoisotopic (exact) mass is 205 g/mol. The fourth-order valence-electron chi connectivity index (χ4n) is 1.50. The number of hydrogen-bond donors (Lipinski definition) is 3. The minimum Gasteiger partial charge on any atom is -0.478 e. The molecule has 0 radical (unpaired) electrons. The van der Waals surface area contributed by atoms with E-state index >= 15 is 0 Å². The first-order chi connectivity index (χ1) is 7.16. The Bertz CT molecular complexity index is 484. The quantitative estimate of drug-likeness (QED) is 0.707. The lowest BCUT2D eigenvalue weighted by Crippen LogP contribution is -2.01. The fraction of sp³-hybridized carbons (Fsp3) is 0.200. The van der Waals surface area contributed by atoms with E-state index in [4.69, 9.17) is 5.11 Å². The maximum atomic E-state index is 10.8. The van der Waals surface area contributed by atoms with Crippen LogP contribution in [-0.4, -0.2) is 26.3 Å². The maximum Gasteiger partial charge on any atom is 0.337 e. The van der Waals surface area contributed by atoms with Crippen LogP contribution in [0.4, 0.5) is 0 Å². The van der Waals surface area contributed by atoms with Crippen molar-refractivity contribution in [1.82, 2.24) is 15.2 Å². The molecule has 2 rings (SSSR count). The Kier molecular flexibility index (Phi) is 2.29. The first-order valence-corrected chi connectivity index (χ1v) is 4.57. The fourth-order valence-corrected chi connectivity index (χ4v) is 1.50. The topological polar surface area (TPSA) is 81.8 Å². The van der Waals surface area contributed by atoms with Crippen LogP contribution in [0, 0.1) is 6.92 Å². The summed E-state index contributed by atoms with van der Waals surface area (Å²) in [6.07, 6.45) is 2.12. The lowest BCUT2D eigenvalue weighted by molar-refractivity contribution is 0.0696. The van der Waals surface area contributed by atoms with Gasteiger partial charge in [0.25, 0.3) is 0 Å². The molecule has 0 spiro atoms. The summed E-state index contributed by atoms with van der Waals surface area (Å²) >= 11 is 0. The van der Waals surface area contributed by atoms with Crippen LogP contribution in [0.2, 0.25) is 0 Å². The second kappa shape index (κ2) is 3.61. The van der Waals surface area contributed by atoms with E-state index in [2.05, 4.69) is 15.2 Å². The second-order valence-electron chi connectivity index (χ2n) is 3.39. The molecule has 2 aromatic heterocycles. The van der Waals surface area contributed by atoms with Crippen LogP contribution in [0.15, 0.2) is 18.3 Å². The molecule has 5 heteroatoms. The lowest BCUT2D eigenvalue weighted by Gasteiger charge is -1.96. The molecule has 0 bridgehead atoms. The Hall–Kier alpha value is -2.04. The van der Waals surface area contributed by atoms with Crippen molar-refractivity contribution in [3.63, 3.8) is 0 Å². The van der Waals surface area contributed by atoms with Gasteiger partial charge in [0.15, 0.2) is 0 Å². The predicted octanol–water partition coefficient (Wildman–Crippen LogP) is 1.34. The highest BCUT2D eigenvalue weighted by Gasteiger charge is 2.12. The van der Waals surface area contributed by atoms with E-state index in [1.807, 2.05) is 13.0 Å². The third kappa shape index (κ3) is 1.90. The summed E-state index contributed by atoms with van der Waals surface area (Å²) in [4.78, 5) is 13.7. The smallest absolute Gasteiger partial charge is 0.337 e. The van der Waals surface area contributed by atoms with Crippen LogP contribution < -0.4 is 0 Å². The number of carbonyl (C=O) groups is 1. The second-order valence-corrected chi connectivity index (χ2v) is 3.39. The summed E-state index contributed by atoms with van der Waals surface area (Å²) < 4.78 is 0. The molecule has 5 nitrogen and oxygen atoms in total. The number of H-pyrrole nitrogens is 2. The van der Waals surface area contributed by atoms with Crippen LogP contribution in [0.5, 0.6) is 0 Å². The highest BCUT2D eigenvalue weighted by Crippen LogP contribution is 2.11. The Morgan fingerprint density at radius 1 is 1.60 bits per heavy atom. The molecule has 2 heterocycles. The van der Waals surface area contributed by atoms with Gasteiger partial charge in [0.2, 0.25) is 0 Å². The average molecular weight is 205 g/mol. The number of carboxylic acid groups (broad SMARTS) is 1. The number of aryl methyl sites for hydroxylation is 1. The van der Waals surface area contributed by atoms with Gasteiger partial charge in [0.1, 0.15) is 0 Å². The van der Waals surface area contributed by atoms with Gasteiger partial charge < -0.3 is 10.1 Å². The zero-order valence-electron chi connectivity index (χ0n) is 8.24. The van der Waals surface area contributed by atoms with E-state index in [9.17, 15) is 4.79 Å². The maximum absolute atomic E-state index is 10.8. The Morgan fingerprint density at radius 3 is 3.00 bits per heavy atom. The molecule has 0 saturated carbocycles. The number of aromatic nitrogens is 3. The first-order valence-electron chi connectivity index (χ1n) is 4.57. The Labute approximate surface area is 86.1 Å². The summed E-state index contributed by atoms with van der Waals surface area (Å²) in [5.74, 6) is -0.918. The third-order valence-corrected chi connectivity index (χ3v) is 2.18. The Morgan fingerprint density at radius 2 is 2.40 bits per heavy atom. The van der Waals surface area contributed by atoms with E-state index in [0.29, 0.717) is 17.7 Å². The van der Waals surface area contributed by atoms with Gasteiger partial charge in [-0.2, -0.15) is 5.10 Å². The van der Waals surface area contributed by atoms with Crippen LogP contribution in [-0.2, 0) is 6.42 Å². The molecule has 78 valence electrons. The molecule has 0 aliphatic rings. The summed E-state index contributed by atoms with van der Waals surface area (Å²) in [5, 5.41) is 15.8. The largest absolute Gasteiger partial charge is 0.478 e. The van der Waals surface area contributed by atoms with Crippen LogP contribution in [0.25, 0.3) is 0 Å². The number of nitrogens with zero attached hydrogens (tertiary/aromatic N) is 1. The van der Waals surface area contributed by atoms with Crippen LogP contribution >= 0.6 is 0 Å². The minimum atomic E-state index is -0.918. The van der Waals surface area contributed by atoms with Gasteiger partial charge in [-0.3, -0.25) is 5.10 Å². The van der Waals surface area contributed by atoms with Gasteiger partial charge in [0, 0.05) is 24.0 Å². The van der Waals surface area contributed by atoms with Crippen molar-refractivity contribution < 1.29 is 9.90 Å². The average Bonchev–Trinajstić information content (AvgIpc) is 2.75. The summed E-state index contributed by atoms with van der Waals surface area (Å²) in [5.41, 5.74) is 2.77. The zero-order valence-corrected chi connectivity index (χ0v) is 8.24. The molecule has 0 atom stereocenters. The lowest BCUT2D eigenvalue weighted by atomic mass is 10.1. The third-order valence-electron chi connectivity index (χ3n) is 2.18. The molecular formula is C10H11N3O2. The number of aromatic amines is 2. The van der Waals surface area contributed by atoms with Crippen LogP contribution in [0.3, 0.4) is 0 Å². The molecule has 0 aromatic carbocycles. The molecule has 0 aliphatic heterocycles. The van der Waals surface area contributed by atoms with Crippen molar-refractivity contribution in [2.24, 2.45) is 0 Å². The number of hydrogen-bond acceptors (Lipinski definition) is 2. The number of nitrogens with one attached hydrogen (secondary N) is 2. The van der Waals surface area contributed by atoms with Gasteiger partial charge >= 0.3 is 5.97 Å². The van der Waals surface area contributed by atoms with E-state index < -0.39 is 5.97 Å². The van der Waals surface area contributed by atoms with Gasteiger partial charge in [-0.15, -0.1) is 0 Å². The van der Waals surface area contributed by atoms with Crippen molar-refractivity contribution >= 4 is 5.97 Å². The number of carboxylic acids is 1. The number of rotatable bonds is 3. The first kappa shape index (κ1) is 9.51. The van der Waals surface area contributed by atoms with Crippen LogP contribution in [0.1, 0.15) is 27.4 Å². The van der Waals surface area contributed by atoms with Gasteiger partial charge in [-0.1, -0.05) is 0 Å². The SMILES string of the molecule is Cc1cc(Cc2[nH]ccc2C(=O)O)n[nH]1. The molecule has 15 heavy (non-hydrogen) atoms. The predicted molar refractivity (Wildman–Crippen MR) is 53.9 cm³/mol. The van der Waals surface area contributed by atoms with Gasteiger partial charge in [-0.05, 0) is 19.1 Å². The molecule has 2 aromatic rings. The standard InChI is InChI=1S/C10H11N3O2/c1-6-4-7(13-12-6)5-9-8(10(14)15)2-3-11-9/h2-4,11H,5H2,1H3,(H,12,13)(H,14,15). The molecule has 0 saturated heterocycles. The van der Waals surface area contributed by atoms with Crippen molar-refractivity contribution in [3.8, 4) is 0 Å². The molecular weight excluding hydrogens is 194 g/mol. The van der Waals surface area contributed by atoms with Gasteiger partial charge in [0.05, 0.1) is 11.3 Å².